The first-order valence-electron chi connectivity index (χ1n) is 7.30. The summed E-state index contributed by atoms with van der Waals surface area (Å²) in [5.74, 6) is 0.695. The van der Waals surface area contributed by atoms with Gasteiger partial charge in [-0.25, -0.2) is 0 Å². The Bertz CT molecular complexity index is 838. The molecule has 2 aromatic carbocycles. The van der Waals surface area contributed by atoms with Crippen molar-refractivity contribution in [2.24, 2.45) is 4.99 Å². The van der Waals surface area contributed by atoms with Crippen molar-refractivity contribution in [1.82, 2.24) is 4.57 Å². The van der Waals surface area contributed by atoms with E-state index in [9.17, 15) is 0 Å². The minimum Gasteiger partial charge on any atom is -0.494 e. The molecule has 3 rings (SSSR count). The Morgan fingerprint density at radius 2 is 1.83 bits per heavy atom. The van der Waals surface area contributed by atoms with Gasteiger partial charge in [0, 0.05) is 16.4 Å². The van der Waals surface area contributed by atoms with E-state index in [1.165, 1.54) is 0 Å². The third-order valence-electron chi connectivity index (χ3n) is 3.60. The smallest absolute Gasteiger partial charge is 0.144 e. The van der Waals surface area contributed by atoms with Crippen molar-refractivity contribution in [3.05, 3.63) is 77.1 Å². The van der Waals surface area contributed by atoms with Crippen LogP contribution < -0.4 is 4.74 Å². The van der Waals surface area contributed by atoms with E-state index in [0.717, 1.165) is 17.1 Å². The topological polar surface area (TPSA) is 26.5 Å². The van der Waals surface area contributed by atoms with Crippen LogP contribution in [0.1, 0.15) is 11.4 Å². The Kier molecular flexibility index (Phi) is 4.49. The predicted molar refractivity (Wildman–Crippen MR) is 95.8 cm³/mol. The van der Waals surface area contributed by atoms with Crippen molar-refractivity contribution in [1.29, 1.82) is 0 Å². The van der Waals surface area contributed by atoms with Gasteiger partial charge in [0.05, 0.1) is 19.0 Å². The minimum absolute atomic E-state index is 0.632. The summed E-state index contributed by atoms with van der Waals surface area (Å²) in [6.07, 6.45) is 1.83. The number of aliphatic imine (C=N–C) groups is 1. The first-order chi connectivity index (χ1) is 11.2. The Balaban J connectivity index is 2.00. The molecule has 0 fully saturated rings. The average Bonchev–Trinajstić information content (AvgIpc) is 2.94. The van der Waals surface area contributed by atoms with Gasteiger partial charge in [-0.05, 0) is 49.4 Å². The largest absolute Gasteiger partial charge is 0.494 e. The number of methoxy groups -OCH3 is 1. The number of rotatable bonds is 4. The van der Waals surface area contributed by atoms with Gasteiger partial charge in [-0.2, -0.15) is 0 Å². The van der Waals surface area contributed by atoms with Crippen molar-refractivity contribution >= 4 is 23.5 Å². The summed E-state index contributed by atoms with van der Waals surface area (Å²) in [7, 11) is 1.62. The Hall–Kier alpha value is -2.52. The molecule has 116 valence electrons. The molecule has 3 aromatic rings. The van der Waals surface area contributed by atoms with Gasteiger partial charge in [0.2, 0.25) is 0 Å². The first-order valence-corrected chi connectivity index (χ1v) is 7.68. The molecule has 0 radical (unpaired) electrons. The van der Waals surface area contributed by atoms with E-state index in [1.807, 2.05) is 36.5 Å². The number of benzene rings is 2. The second kappa shape index (κ2) is 6.71. The lowest BCUT2D eigenvalue weighted by molar-refractivity contribution is 0.416. The third kappa shape index (κ3) is 3.30. The van der Waals surface area contributed by atoms with Crippen LogP contribution in [0, 0.1) is 6.92 Å². The zero-order valence-corrected chi connectivity index (χ0v) is 13.8. The van der Waals surface area contributed by atoms with E-state index in [4.69, 9.17) is 16.3 Å². The van der Waals surface area contributed by atoms with E-state index in [2.05, 4.69) is 34.7 Å². The van der Waals surface area contributed by atoms with E-state index in [-0.39, 0.29) is 0 Å². The van der Waals surface area contributed by atoms with Crippen molar-refractivity contribution in [2.75, 3.05) is 7.11 Å². The van der Waals surface area contributed by atoms with Gasteiger partial charge >= 0.3 is 0 Å². The van der Waals surface area contributed by atoms with Gasteiger partial charge in [-0.15, -0.1) is 0 Å². The highest BCUT2D eigenvalue weighted by Crippen LogP contribution is 2.30. The quantitative estimate of drug-likeness (QED) is 0.606. The van der Waals surface area contributed by atoms with Gasteiger partial charge < -0.3 is 9.30 Å². The van der Waals surface area contributed by atoms with Crippen molar-refractivity contribution < 1.29 is 4.74 Å². The van der Waals surface area contributed by atoms with Crippen molar-refractivity contribution in [3.8, 4) is 11.4 Å². The molecule has 23 heavy (non-hydrogen) atoms. The minimum atomic E-state index is 0.632. The molecule has 0 aliphatic heterocycles. The van der Waals surface area contributed by atoms with Gasteiger partial charge in [0.25, 0.3) is 0 Å². The standard InChI is InChI=1S/C19H17ClN2O/c1-14-8-10-17(22(14)16-6-4-3-5-7-16)13-21-18-12-15(20)9-11-19(18)23-2/h3-13H,1-2H3. The van der Waals surface area contributed by atoms with Crippen LogP contribution >= 0.6 is 11.6 Å². The Morgan fingerprint density at radius 3 is 2.57 bits per heavy atom. The van der Waals surface area contributed by atoms with Gasteiger partial charge in [0.1, 0.15) is 11.4 Å². The predicted octanol–water partition coefficient (Wildman–Crippen LogP) is 5.20. The maximum absolute atomic E-state index is 6.05. The van der Waals surface area contributed by atoms with Crippen molar-refractivity contribution in [3.63, 3.8) is 0 Å². The molecule has 0 amide bonds. The number of halogens is 1. The summed E-state index contributed by atoms with van der Waals surface area (Å²) < 4.78 is 7.48. The molecule has 0 spiro atoms. The summed E-state index contributed by atoms with van der Waals surface area (Å²) in [4.78, 5) is 4.55. The van der Waals surface area contributed by atoms with Gasteiger partial charge in [0.15, 0.2) is 0 Å². The molecule has 0 N–H and O–H groups in total. The lowest BCUT2D eigenvalue weighted by Crippen LogP contribution is -2.00. The fourth-order valence-corrected chi connectivity index (χ4v) is 2.66. The van der Waals surface area contributed by atoms with Crippen LogP contribution in [0.5, 0.6) is 5.75 Å². The maximum Gasteiger partial charge on any atom is 0.144 e. The van der Waals surface area contributed by atoms with Crippen LogP contribution in [0.3, 0.4) is 0 Å². The summed E-state index contributed by atoms with van der Waals surface area (Å²) in [5.41, 5.74) is 3.96. The number of hydrogen-bond acceptors (Lipinski definition) is 2. The molecule has 0 saturated heterocycles. The number of aryl methyl sites for hydroxylation is 1. The maximum atomic E-state index is 6.05. The number of aromatic nitrogens is 1. The summed E-state index contributed by atoms with van der Waals surface area (Å²) in [6.45, 7) is 2.07. The van der Waals surface area contributed by atoms with E-state index >= 15 is 0 Å². The average molecular weight is 325 g/mol. The third-order valence-corrected chi connectivity index (χ3v) is 3.83. The highest BCUT2D eigenvalue weighted by molar-refractivity contribution is 6.30. The Morgan fingerprint density at radius 1 is 1.04 bits per heavy atom. The van der Waals surface area contributed by atoms with Crippen LogP contribution in [-0.2, 0) is 0 Å². The highest BCUT2D eigenvalue weighted by Gasteiger charge is 2.06. The number of para-hydroxylation sites is 1. The van der Waals surface area contributed by atoms with E-state index in [0.29, 0.717) is 16.5 Å². The molecule has 4 heteroatoms. The fourth-order valence-electron chi connectivity index (χ4n) is 2.49. The van der Waals surface area contributed by atoms with Crippen LogP contribution in [0.15, 0.2) is 65.7 Å². The molecule has 0 aliphatic rings. The molecule has 0 aliphatic carbocycles. The summed E-state index contributed by atoms with van der Waals surface area (Å²) in [5, 5.41) is 0.632. The van der Waals surface area contributed by atoms with Crippen LogP contribution in [0.2, 0.25) is 5.02 Å². The van der Waals surface area contributed by atoms with Gasteiger partial charge in [-0.1, -0.05) is 29.8 Å². The second-order valence-electron chi connectivity index (χ2n) is 5.14. The Labute approximate surface area is 140 Å². The lowest BCUT2D eigenvalue weighted by atomic mass is 10.3. The molecule has 0 saturated carbocycles. The normalized spacial score (nSPS) is 11.1. The molecule has 0 bridgehead atoms. The number of nitrogens with zero attached hydrogens (tertiary/aromatic N) is 2. The fraction of sp³-hybridized carbons (Fsp3) is 0.105. The zero-order valence-electron chi connectivity index (χ0n) is 13.0. The van der Waals surface area contributed by atoms with Crippen LogP contribution in [-0.4, -0.2) is 17.9 Å². The number of ether oxygens (including phenoxy) is 1. The molecule has 0 unspecified atom stereocenters. The molecule has 0 atom stereocenters. The molecule has 3 nitrogen and oxygen atoms in total. The van der Waals surface area contributed by atoms with Crippen LogP contribution in [0.25, 0.3) is 5.69 Å². The lowest BCUT2D eigenvalue weighted by Gasteiger charge is -2.09. The molecule has 1 aromatic heterocycles. The zero-order chi connectivity index (χ0) is 16.2. The molecule has 1 heterocycles. The first kappa shape index (κ1) is 15.4. The SMILES string of the molecule is COc1ccc(Cl)cc1N=Cc1ccc(C)n1-c1ccccc1. The van der Waals surface area contributed by atoms with E-state index < -0.39 is 0 Å². The monoisotopic (exact) mass is 324 g/mol. The molecular formula is C19H17ClN2O. The second-order valence-corrected chi connectivity index (χ2v) is 5.58. The van der Waals surface area contributed by atoms with E-state index in [1.54, 1.807) is 19.2 Å². The molecular weight excluding hydrogens is 308 g/mol. The summed E-state index contributed by atoms with van der Waals surface area (Å²) in [6, 6.07) is 19.7. The summed E-state index contributed by atoms with van der Waals surface area (Å²) >= 11 is 6.05. The highest BCUT2D eigenvalue weighted by atomic mass is 35.5. The van der Waals surface area contributed by atoms with Crippen molar-refractivity contribution in [2.45, 2.75) is 6.92 Å². The van der Waals surface area contributed by atoms with Crippen LogP contribution in [0.4, 0.5) is 5.69 Å². The number of hydrogen-bond donors (Lipinski definition) is 0. The van der Waals surface area contributed by atoms with Gasteiger partial charge in [-0.3, -0.25) is 4.99 Å².